The van der Waals surface area contributed by atoms with Gasteiger partial charge in [-0.25, -0.2) is 4.98 Å². The normalized spacial score (nSPS) is 15.1. The van der Waals surface area contributed by atoms with E-state index in [0.717, 1.165) is 22.6 Å². The van der Waals surface area contributed by atoms with Crippen LogP contribution in [0.25, 0.3) is 5.57 Å². The predicted molar refractivity (Wildman–Crippen MR) is 140 cm³/mol. The zero-order valence-electron chi connectivity index (χ0n) is 20.8. The summed E-state index contributed by atoms with van der Waals surface area (Å²) >= 11 is 1.41. The molecule has 0 bridgehead atoms. The van der Waals surface area contributed by atoms with Crippen LogP contribution in [0.1, 0.15) is 39.5 Å². The van der Waals surface area contributed by atoms with Crippen molar-refractivity contribution in [1.82, 2.24) is 4.98 Å². The summed E-state index contributed by atoms with van der Waals surface area (Å²) in [6.07, 6.45) is 1.32. The Morgan fingerprint density at radius 2 is 1.95 bits per heavy atom. The summed E-state index contributed by atoms with van der Waals surface area (Å²) in [5.74, 6) is -0.512. The molecular formula is C29H27F3N2O3S. The number of hydrogen-bond acceptors (Lipinski definition) is 6. The second-order valence-electron chi connectivity index (χ2n) is 8.70. The van der Waals surface area contributed by atoms with Crippen molar-refractivity contribution in [3.05, 3.63) is 93.5 Å². The van der Waals surface area contributed by atoms with Crippen LogP contribution in [0.5, 0.6) is 11.5 Å². The number of alkyl halides is 3. The van der Waals surface area contributed by atoms with Gasteiger partial charge in [-0.1, -0.05) is 48.6 Å². The first-order valence-electron chi connectivity index (χ1n) is 12.1. The Morgan fingerprint density at radius 3 is 2.63 bits per heavy atom. The van der Waals surface area contributed by atoms with Gasteiger partial charge in [0.2, 0.25) is 0 Å². The maximum absolute atomic E-state index is 13.1. The highest BCUT2D eigenvalue weighted by atomic mass is 32.1. The molecule has 4 rings (SSSR count). The molecule has 2 aromatic carbocycles. The zero-order valence-corrected chi connectivity index (χ0v) is 21.6. The van der Waals surface area contributed by atoms with Crippen molar-refractivity contribution in [2.45, 2.75) is 38.7 Å². The van der Waals surface area contributed by atoms with E-state index >= 15 is 0 Å². The molecule has 0 fully saturated rings. The van der Waals surface area contributed by atoms with Crippen LogP contribution in [0, 0.1) is 17.2 Å². The summed E-state index contributed by atoms with van der Waals surface area (Å²) in [4.78, 5) is 5.65. The first-order valence-corrected chi connectivity index (χ1v) is 13.0. The highest BCUT2D eigenvalue weighted by Crippen LogP contribution is 2.37. The minimum absolute atomic E-state index is 0.103. The average Bonchev–Trinajstić information content (AvgIpc) is 3.34. The average molecular weight is 541 g/mol. The van der Waals surface area contributed by atoms with Crippen LogP contribution < -0.4 is 9.47 Å². The Labute approximate surface area is 223 Å². The van der Waals surface area contributed by atoms with E-state index in [-0.39, 0.29) is 13.0 Å². The standard InChI is InChI=1S/C29H27F3N2O3S/c1-35-26-16-24(14-11-22(26)17-33)37-19-27-25(8-5-15-36-18-20-6-3-2-4-7-20)34-28(38-27)21-9-12-23(13-10-21)29(30,31)32/h2-4,6-7,9-12,14,16,23H,5,8,13,15,18-19H2,1H3. The van der Waals surface area contributed by atoms with Gasteiger partial charge in [-0.3, -0.25) is 0 Å². The molecule has 1 aliphatic carbocycles. The molecule has 3 aromatic rings. The maximum atomic E-state index is 13.1. The number of thiazole rings is 1. The molecule has 9 heteroatoms. The lowest BCUT2D eigenvalue weighted by Crippen LogP contribution is -2.21. The van der Waals surface area contributed by atoms with Gasteiger partial charge in [0.05, 0.1) is 35.8 Å². The Hall–Kier alpha value is -3.61. The van der Waals surface area contributed by atoms with E-state index < -0.39 is 12.1 Å². The fourth-order valence-electron chi connectivity index (χ4n) is 3.95. The SMILES string of the molecule is COc1cc(OCc2sc(C3=CCC(C(F)(F)F)C=C3)nc2CCCOCc2ccccc2)ccc1C#N. The number of aryl methyl sites for hydroxylation is 1. The lowest BCUT2D eigenvalue weighted by molar-refractivity contribution is -0.160. The summed E-state index contributed by atoms with van der Waals surface area (Å²) in [5.41, 5.74) is 3.03. The Kier molecular flexibility index (Phi) is 9.21. The van der Waals surface area contributed by atoms with Gasteiger partial charge in [0.15, 0.2) is 0 Å². The maximum Gasteiger partial charge on any atom is 0.395 e. The Bertz CT molecular complexity index is 1330. The number of benzene rings is 2. The molecule has 0 amide bonds. The third-order valence-electron chi connectivity index (χ3n) is 6.02. The number of allylic oxidation sites excluding steroid dienone is 4. The van der Waals surface area contributed by atoms with Crippen LogP contribution in [-0.4, -0.2) is 24.9 Å². The van der Waals surface area contributed by atoms with Crippen molar-refractivity contribution in [2.24, 2.45) is 5.92 Å². The minimum Gasteiger partial charge on any atom is -0.495 e. The molecule has 38 heavy (non-hydrogen) atoms. The van der Waals surface area contributed by atoms with Gasteiger partial charge in [0.1, 0.15) is 29.2 Å². The largest absolute Gasteiger partial charge is 0.495 e. The topological polar surface area (TPSA) is 64.4 Å². The number of nitriles is 1. The van der Waals surface area contributed by atoms with Gasteiger partial charge in [0, 0.05) is 18.2 Å². The van der Waals surface area contributed by atoms with Crippen molar-refractivity contribution >= 4 is 16.9 Å². The second-order valence-corrected chi connectivity index (χ2v) is 9.78. The molecule has 0 radical (unpaired) electrons. The van der Waals surface area contributed by atoms with E-state index in [0.29, 0.717) is 47.3 Å². The summed E-state index contributed by atoms with van der Waals surface area (Å²) in [7, 11) is 1.49. The molecule has 198 valence electrons. The molecule has 1 unspecified atom stereocenters. The number of nitrogens with zero attached hydrogens (tertiary/aromatic N) is 2. The van der Waals surface area contributed by atoms with Crippen LogP contribution in [-0.2, 0) is 24.4 Å². The fourth-order valence-corrected chi connectivity index (χ4v) is 4.99. The van der Waals surface area contributed by atoms with Crippen LogP contribution in [0.2, 0.25) is 0 Å². The molecule has 1 aromatic heterocycles. The molecule has 5 nitrogen and oxygen atoms in total. The van der Waals surface area contributed by atoms with E-state index in [1.165, 1.54) is 30.6 Å². The molecular weight excluding hydrogens is 513 g/mol. The van der Waals surface area contributed by atoms with Gasteiger partial charge in [-0.05, 0) is 37.0 Å². The van der Waals surface area contributed by atoms with E-state index in [9.17, 15) is 18.4 Å². The van der Waals surface area contributed by atoms with Crippen LogP contribution >= 0.6 is 11.3 Å². The zero-order chi connectivity index (χ0) is 27.0. The van der Waals surface area contributed by atoms with E-state index in [1.54, 1.807) is 24.3 Å². The number of ether oxygens (including phenoxy) is 3. The number of rotatable bonds is 11. The van der Waals surface area contributed by atoms with Crippen LogP contribution in [0.4, 0.5) is 13.2 Å². The lowest BCUT2D eigenvalue weighted by Gasteiger charge is -2.18. The van der Waals surface area contributed by atoms with Crippen molar-refractivity contribution in [2.75, 3.05) is 13.7 Å². The molecule has 0 saturated carbocycles. The smallest absolute Gasteiger partial charge is 0.395 e. The number of halogens is 3. The van der Waals surface area contributed by atoms with Crippen LogP contribution in [0.3, 0.4) is 0 Å². The van der Waals surface area contributed by atoms with E-state index in [4.69, 9.17) is 19.2 Å². The fraction of sp³-hybridized carbons (Fsp3) is 0.310. The van der Waals surface area contributed by atoms with Crippen molar-refractivity contribution in [3.63, 3.8) is 0 Å². The summed E-state index contributed by atoms with van der Waals surface area (Å²) in [6.45, 7) is 1.30. The summed E-state index contributed by atoms with van der Waals surface area (Å²) in [6, 6.07) is 17.0. The molecule has 0 aliphatic heterocycles. The van der Waals surface area contributed by atoms with Crippen LogP contribution in [0.15, 0.2) is 66.8 Å². The lowest BCUT2D eigenvalue weighted by atomic mass is 9.96. The number of methoxy groups -OCH3 is 1. The Balaban J connectivity index is 1.44. The molecule has 0 N–H and O–H groups in total. The van der Waals surface area contributed by atoms with E-state index in [2.05, 4.69) is 6.07 Å². The van der Waals surface area contributed by atoms with Gasteiger partial charge < -0.3 is 14.2 Å². The van der Waals surface area contributed by atoms with Gasteiger partial charge in [-0.15, -0.1) is 11.3 Å². The molecule has 0 saturated heterocycles. The monoisotopic (exact) mass is 540 g/mol. The summed E-state index contributed by atoms with van der Waals surface area (Å²) < 4.78 is 56.2. The quantitative estimate of drug-likeness (QED) is 0.239. The van der Waals surface area contributed by atoms with Crippen molar-refractivity contribution in [1.29, 1.82) is 5.26 Å². The van der Waals surface area contributed by atoms with Gasteiger partial charge >= 0.3 is 6.18 Å². The van der Waals surface area contributed by atoms with Crippen molar-refractivity contribution < 1.29 is 27.4 Å². The molecule has 0 spiro atoms. The first kappa shape index (κ1) is 27.4. The van der Waals surface area contributed by atoms with E-state index in [1.807, 2.05) is 30.3 Å². The van der Waals surface area contributed by atoms with Gasteiger partial charge in [-0.2, -0.15) is 18.4 Å². The van der Waals surface area contributed by atoms with Crippen molar-refractivity contribution in [3.8, 4) is 17.6 Å². The highest BCUT2D eigenvalue weighted by molar-refractivity contribution is 7.12. The minimum atomic E-state index is -4.26. The molecule has 1 atom stereocenters. The number of hydrogen-bond donors (Lipinski definition) is 0. The predicted octanol–water partition coefficient (Wildman–Crippen LogP) is 7.27. The second kappa shape index (κ2) is 12.8. The van der Waals surface area contributed by atoms with Gasteiger partial charge in [0.25, 0.3) is 0 Å². The third-order valence-corrected chi connectivity index (χ3v) is 7.14. The molecule has 1 aliphatic rings. The summed E-state index contributed by atoms with van der Waals surface area (Å²) in [5, 5.41) is 9.86. The Morgan fingerprint density at radius 1 is 1.13 bits per heavy atom. The third kappa shape index (κ3) is 7.24. The number of aromatic nitrogens is 1. The molecule has 1 heterocycles. The highest BCUT2D eigenvalue weighted by Gasteiger charge is 2.38. The first-order chi connectivity index (χ1) is 18.4.